The van der Waals surface area contributed by atoms with Crippen LogP contribution in [0.25, 0.3) is 11.2 Å². The van der Waals surface area contributed by atoms with Gasteiger partial charge in [0.1, 0.15) is 11.3 Å². The van der Waals surface area contributed by atoms with E-state index >= 15 is 0 Å². The second kappa shape index (κ2) is 6.90. The van der Waals surface area contributed by atoms with Gasteiger partial charge in [-0.1, -0.05) is 0 Å². The molecule has 20 heavy (non-hydrogen) atoms. The van der Waals surface area contributed by atoms with Gasteiger partial charge in [0, 0.05) is 25.8 Å². The third kappa shape index (κ3) is 3.22. The first-order valence-electron chi connectivity index (χ1n) is 6.80. The minimum atomic E-state index is -0.165. The van der Waals surface area contributed by atoms with Gasteiger partial charge in [-0.2, -0.15) is 4.98 Å². The van der Waals surface area contributed by atoms with E-state index in [0.717, 1.165) is 43.2 Å². The maximum Gasteiger partial charge on any atom is 0.215 e. The summed E-state index contributed by atoms with van der Waals surface area (Å²) in [5.74, 6) is 1.41. The topological polar surface area (TPSA) is 49.2 Å². The lowest BCUT2D eigenvalue weighted by molar-refractivity contribution is 0.141. The minimum Gasteiger partial charge on any atom is -0.481 e. The normalized spacial score (nSPS) is 12.8. The first kappa shape index (κ1) is 15.1. The number of hydrogen-bond donors (Lipinski definition) is 0. The minimum absolute atomic E-state index is 0.165. The van der Waals surface area contributed by atoms with Crippen molar-refractivity contribution in [2.24, 2.45) is 0 Å². The molecule has 0 bridgehead atoms. The van der Waals surface area contributed by atoms with Crippen LogP contribution in [-0.2, 0) is 11.3 Å². The number of fused-ring (bicyclic) bond motifs is 1. The molecule has 1 atom stereocenters. The zero-order valence-corrected chi connectivity index (χ0v) is 12.9. The van der Waals surface area contributed by atoms with E-state index in [1.807, 2.05) is 26.0 Å². The van der Waals surface area contributed by atoms with Crippen LogP contribution in [0.3, 0.4) is 0 Å². The van der Waals surface area contributed by atoms with Gasteiger partial charge < -0.3 is 14.0 Å². The standard InChI is InChI=1S/C14H20ClN3O2/c1-4-20-9-5-8-18-13(10(2)15)16-11-6-7-12(19-3)17-14(11)18/h6-7,10H,4-5,8-9H2,1-3H3. The average molecular weight is 298 g/mol. The van der Waals surface area contributed by atoms with Crippen LogP contribution in [0.4, 0.5) is 0 Å². The molecule has 0 N–H and O–H groups in total. The van der Waals surface area contributed by atoms with Gasteiger partial charge in [0.05, 0.1) is 12.5 Å². The van der Waals surface area contributed by atoms with Gasteiger partial charge >= 0.3 is 0 Å². The van der Waals surface area contributed by atoms with Gasteiger partial charge in [-0.3, -0.25) is 0 Å². The van der Waals surface area contributed by atoms with Gasteiger partial charge in [0.2, 0.25) is 5.88 Å². The van der Waals surface area contributed by atoms with Gasteiger partial charge in [-0.05, 0) is 26.3 Å². The van der Waals surface area contributed by atoms with Gasteiger partial charge in [0.15, 0.2) is 5.65 Å². The molecular weight excluding hydrogens is 278 g/mol. The Morgan fingerprint density at radius 3 is 2.80 bits per heavy atom. The van der Waals surface area contributed by atoms with Crippen molar-refractivity contribution in [3.05, 3.63) is 18.0 Å². The molecule has 2 aromatic heterocycles. The number of ether oxygens (including phenoxy) is 2. The average Bonchev–Trinajstić information content (AvgIpc) is 2.81. The van der Waals surface area contributed by atoms with Crippen LogP contribution < -0.4 is 4.74 Å². The Hall–Kier alpha value is -1.33. The number of alkyl halides is 1. The predicted octanol–water partition coefficient (Wildman–Crippen LogP) is 3.17. The Balaban J connectivity index is 2.33. The lowest BCUT2D eigenvalue weighted by Gasteiger charge is -2.10. The lowest BCUT2D eigenvalue weighted by Crippen LogP contribution is -2.08. The molecule has 0 aliphatic heterocycles. The van der Waals surface area contributed by atoms with Crippen molar-refractivity contribution in [1.29, 1.82) is 0 Å². The maximum atomic E-state index is 6.22. The van der Waals surface area contributed by atoms with Gasteiger partial charge in [-0.15, -0.1) is 11.6 Å². The molecule has 5 nitrogen and oxygen atoms in total. The SMILES string of the molecule is CCOCCCn1c(C(C)Cl)nc2ccc(OC)nc21. The molecule has 2 rings (SSSR count). The van der Waals surface area contributed by atoms with Crippen LogP contribution >= 0.6 is 11.6 Å². The fourth-order valence-corrected chi connectivity index (χ4v) is 2.28. The Morgan fingerprint density at radius 2 is 2.15 bits per heavy atom. The van der Waals surface area contributed by atoms with Crippen LogP contribution in [0.5, 0.6) is 5.88 Å². The lowest BCUT2D eigenvalue weighted by atomic mass is 10.4. The number of hydrogen-bond acceptors (Lipinski definition) is 4. The summed E-state index contributed by atoms with van der Waals surface area (Å²) in [4.78, 5) is 9.03. The molecule has 0 aromatic carbocycles. The van der Waals surface area contributed by atoms with Crippen molar-refractivity contribution in [3.8, 4) is 5.88 Å². The third-order valence-electron chi connectivity index (χ3n) is 3.04. The summed E-state index contributed by atoms with van der Waals surface area (Å²) in [6.07, 6.45) is 0.898. The van der Waals surface area contributed by atoms with E-state index in [1.54, 1.807) is 7.11 Å². The highest BCUT2D eigenvalue weighted by Gasteiger charge is 2.16. The first-order valence-corrected chi connectivity index (χ1v) is 7.24. The van der Waals surface area contributed by atoms with Crippen molar-refractivity contribution < 1.29 is 9.47 Å². The van der Waals surface area contributed by atoms with Gasteiger partial charge in [-0.25, -0.2) is 4.98 Å². The molecular formula is C14H20ClN3O2. The van der Waals surface area contributed by atoms with Gasteiger partial charge in [0.25, 0.3) is 0 Å². The summed E-state index contributed by atoms with van der Waals surface area (Å²) >= 11 is 6.22. The second-order valence-electron chi connectivity index (χ2n) is 4.48. The molecule has 0 saturated heterocycles. The number of methoxy groups -OCH3 is 1. The van der Waals surface area contributed by atoms with Crippen LogP contribution in [0.15, 0.2) is 12.1 Å². The fourth-order valence-electron chi connectivity index (χ4n) is 2.11. The number of nitrogens with zero attached hydrogens (tertiary/aromatic N) is 3. The number of halogens is 1. The summed E-state index contributed by atoms with van der Waals surface area (Å²) in [5, 5.41) is -0.165. The monoisotopic (exact) mass is 297 g/mol. The molecule has 0 radical (unpaired) electrons. The number of aromatic nitrogens is 3. The van der Waals surface area contributed by atoms with E-state index in [4.69, 9.17) is 21.1 Å². The molecule has 110 valence electrons. The van der Waals surface area contributed by atoms with Crippen LogP contribution in [0.2, 0.25) is 0 Å². The Kier molecular flexibility index (Phi) is 5.20. The highest BCUT2D eigenvalue weighted by Crippen LogP contribution is 2.25. The first-order chi connectivity index (χ1) is 9.67. The van der Waals surface area contributed by atoms with Crippen molar-refractivity contribution >= 4 is 22.8 Å². The summed E-state index contributed by atoms with van der Waals surface area (Å²) in [7, 11) is 1.61. The van der Waals surface area contributed by atoms with Crippen molar-refractivity contribution in [1.82, 2.24) is 14.5 Å². The van der Waals surface area contributed by atoms with Crippen LogP contribution in [-0.4, -0.2) is 34.9 Å². The predicted molar refractivity (Wildman–Crippen MR) is 79.5 cm³/mol. The fraction of sp³-hybridized carbons (Fsp3) is 0.571. The zero-order valence-electron chi connectivity index (χ0n) is 12.1. The molecule has 0 fully saturated rings. The third-order valence-corrected chi connectivity index (χ3v) is 3.23. The van der Waals surface area contributed by atoms with E-state index in [9.17, 15) is 0 Å². The van der Waals surface area contributed by atoms with Crippen LogP contribution in [0, 0.1) is 0 Å². The smallest absolute Gasteiger partial charge is 0.215 e. The van der Waals surface area contributed by atoms with E-state index in [1.165, 1.54) is 0 Å². The van der Waals surface area contributed by atoms with E-state index in [0.29, 0.717) is 5.88 Å². The molecule has 2 heterocycles. The zero-order chi connectivity index (χ0) is 14.5. The van der Waals surface area contributed by atoms with Crippen molar-refractivity contribution in [2.45, 2.75) is 32.2 Å². The van der Waals surface area contributed by atoms with Crippen molar-refractivity contribution in [2.75, 3.05) is 20.3 Å². The summed E-state index contributed by atoms with van der Waals surface area (Å²) < 4.78 is 12.6. The Bertz CT molecular complexity index is 569. The summed E-state index contributed by atoms with van der Waals surface area (Å²) in [6, 6.07) is 3.71. The van der Waals surface area contributed by atoms with Crippen molar-refractivity contribution in [3.63, 3.8) is 0 Å². The molecule has 0 spiro atoms. The largest absolute Gasteiger partial charge is 0.481 e. The molecule has 2 aromatic rings. The summed E-state index contributed by atoms with van der Waals surface area (Å²) in [5.41, 5.74) is 1.65. The quantitative estimate of drug-likeness (QED) is 0.582. The van der Waals surface area contributed by atoms with E-state index in [2.05, 4.69) is 14.5 Å². The molecule has 6 heteroatoms. The Morgan fingerprint density at radius 1 is 1.35 bits per heavy atom. The number of imidazole rings is 1. The summed E-state index contributed by atoms with van der Waals surface area (Å²) in [6.45, 7) is 6.14. The highest BCUT2D eigenvalue weighted by molar-refractivity contribution is 6.20. The molecule has 0 aliphatic carbocycles. The number of pyridine rings is 1. The number of aryl methyl sites for hydroxylation is 1. The molecule has 0 aliphatic rings. The van der Waals surface area contributed by atoms with Crippen LogP contribution in [0.1, 0.15) is 31.5 Å². The second-order valence-corrected chi connectivity index (χ2v) is 5.14. The Labute approximate surface area is 123 Å². The van der Waals surface area contributed by atoms with E-state index in [-0.39, 0.29) is 5.38 Å². The number of rotatable bonds is 7. The molecule has 1 unspecified atom stereocenters. The maximum absolute atomic E-state index is 6.22. The molecule has 0 amide bonds. The highest BCUT2D eigenvalue weighted by atomic mass is 35.5. The molecule has 0 saturated carbocycles. The van der Waals surface area contributed by atoms with E-state index < -0.39 is 0 Å².